The quantitative estimate of drug-likeness (QED) is 0.512. The number of likely N-dealkylation sites (N-methyl/N-ethyl adjacent to an activating group) is 1. The molecule has 9 nitrogen and oxygen atoms in total. The molecule has 1 saturated heterocycles. The normalized spacial score (nSPS) is 21.7. The van der Waals surface area contributed by atoms with Crippen molar-refractivity contribution in [3.8, 4) is 11.8 Å². The van der Waals surface area contributed by atoms with E-state index in [1.807, 2.05) is 58.5 Å². The number of nitriles is 1. The van der Waals surface area contributed by atoms with Crippen molar-refractivity contribution >= 4 is 50.2 Å². The van der Waals surface area contributed by atoms with Gasteiger partial charge >= 0.3 is 6.09 Å². The first kappa shape index (κ1) is 27.6. The van der Waals surface area contributed by atoms with Crippen LogP contribution in [0.25, 0.3) is 10.9 Å². The van der Waals surface area contributed by atoms with E-state index in [2.05, 4.69) is 22.0 Å². The number of pyridine rings is 1. The van der Waals surface area contributed by atoms with Gasteiger partial charge < -0.3 is 24.2 Å². The van der Waals surface area contributed by atoms with Crippen LogP contribution < -0.4 is 15.2 Å². The molecule has 1 aromatic carbocycles. The number of aromatic nitrogens is 1. The number of carbonyl (C=O) groups excluding carboxylic acids is 1. The Morgan fingerprint density at radius 2 is 1.97 bits per heavy atom. The topological polar surface area (TPSA) is 91.0 Å². The van der Waals surface area contributed by atoms with Crippen LogP contribution in [0.15, 0.2) is 15.3 Å². The third-order valence-corrected chi connectivity index (χ3v) is 8.00. The highest BCUT2D eigenvalue weighted by Gasteiger charge is 2.38. The molecule has 1 amide bonds. The van der Waals surface area contributed by atoms with Gasteiger partial charge in [-0.2, -0.15) is 5.26 Å². The Bertz CT molecular complexity index is 1350. The molecule has 0 bridgehead atoms. The molecule has 0 radical (unpaired) electrons. The maximum atomic E-state index is 13.9. The van der Waals surface area contributed by atoms with Crippen molar-refractivity contribution in [2.24, 2.45) is 0 Å². The highest BCUT2D eigenvalue weighted by Crippen LogP contribution is 2.46. The molecule has 37 heavy (non-hydrogen) atoms. The van der Waals surface area contributed by atoms with E-state index in [9.17, 15) is 14.9 Å². The molecule has 0 saturated carbocycles. The SMILES string of the molecule is C[C@H]1CN(c2c(C#N)c(=O)n3c4c(c(Br)c(Cl)cc24)OC[C@@H]3CN(C)C)[C@@H](C)CN1C(=O)OC(C)(C)C. The Morgan fingerprint density at radius 1 is 1.30 bits per heavy atom. The number of anilines is 1. The lowest BCUT2D eigenvalue weighted by Gasteiger charge is -2.46. The van der Waals surface area contributed by atoms with Crippen LogP contribution >= 0.6 is 27.5 Å². The third-order valence-electron chi connectivity index (χ3n) is 6.69. The molecule has 0 unspecified atom stereocenters. The molecular formula is C26H33BrClN5O4. The fourth-order valence-corrected chi connectivity index (χ4v) is 5.78. The number of amides is 1. The maximum absolute atomic E-state index is 13.9. The molecule has 1 aromatic heterocycles. The van der Waals surface area contributed by atoms with E-state index < -0.39 is 5.60 Å². The zero-order valence-corrected chi connectivity index (χ0v) is 24.6. The van der Waals surface area contributed by atoms with Gasteiger partial charge in [0.2, 0.25) is 0 Å². The summed E-state index contributed by atoms with van der Waals surface area (Å²) in [4.78, 5) is 32.5. The summed E-state index contributed by atoms with van der Waals surface area (Å²) in [5.41, 5.74) is 0.232. The van der Waals surface area contributed by atoms with Crippen LogP contribution in [0.2, 0.25) is 5.02 Å². The van der Waals surface area contributed by atoms with E-state index in [1.54, 1.807) is 15.5 Å². The molecule has 200 valence electrons. The summed E-state index contributed by atoms with van der Waals surface area (Å²) in [6.07, 6.45) is -0.379. The van der Waals surface area contributed by atoms with Gasteiger partial charge in [0.1, 0.15) is 23.8 Å². The van der Waals surface area contributed by atoms with Gasteiger partial charge in [-0.1, -0.05) is 11.6 Å². The zero-order valence-electron chi connectivity index (χ0n) is 22.3. The second-order valence-corrected chi connectivity index (χ2v) is 12.3. The Kier molecular flexibility index (Phi) is 7.45. The lowest BCUT2D eigenvalue weighted by atomic mass is 10.0. The van der Waals surface area contributed by atoms with E-state index in [4.69, 9.17) is 21.1 Å². The molecule has 4 rings (SSSR count). The number of rotatable bonds is 3. The predicted octanol–water partition coefficient (Wildman–Crippen LogP) is 4.62. The molecule has 3 heterocycles. The van der Waals surface area contributed by atoms with Gasteiger partial charge in [0.05, 0.1) is 26.7 Å². The standard InChI is InChI=1S/C26H33BrClN5O4/c1-14-11-32(25(35)37-26(3,4)5)15(2)10-31(14)21-17-8-19(28)20(27)23-22(17)33(24(34)18(21)9-29)16(13-36-23)12-30(6)7/h8,14-16H,10-13H2,1-7H3/t14-,15-,16-/m0/s1. The number of piperazine rings is 1. The van der Waals surface area contributed by atoms with Crippen molar-refractivity contribution in [1.82, 2.24) is 14.4 Å². The van der Waals surface area contributed by atoms with Crippen molar-refractivity contribution in [3.63, 3.8) is 0 Å². The van der Waals surface area contributed by atoms with Crippen LogP contribution in [-0.2, 0) is 4.74 Å². The Hall–Kier alpha value is -2.48. The zero-order chi connectivity index (χ0) is 27.4. The van der Waals surface area contributed by atoms with Gasteiger partial charge in [0, 0.05) is 37.1 Å². The van der Waals surface area contributed by atoms with Gasteiger partial charge in [-0.15, -0.1) is 0 Å². The number of nitrogens with zero attached hydrogens (tertiary/aromatic N) is 5. The first-order valence-corrected chi connectivity index (χ1v) is 13.5. The summed E-state index contributed by atoms with van der Waals surface area (Å²) < 4.78 is 14.0. The lowest BCUT2D eigenvalue weighted by molar-refractivity contribution is 0.0130. The summed E-state index contributed by atoms with van der Waals surface area (Å²) in [6.45, 7) is 11.1. The van der Waals surface area contributed by atoms with Gasteiger partial charge in [-0.25, -0.2) is 4.79 Å². The molecule has 2 aliphatic heterocycles. The highest BCUT2D eigenvalue weighted by molar-refractivity contribution is 9.10. The molecule has 0 N–H and O–H groups in total. The first-order valence-electron chi connectivity index (χ1n) is 12.3. The summed E-state index contributed by atoms with van der Waals surface area (Å²) >= 11 is 10.1. The van der Waals surface area contributed by atoms with E-state index in [0.29, 0.717) is 51.5 Å². The Labute approximate surface area is 230 Å². The number of ether oxygens (including phenoxy) is 2. The van der Waals surface area contributed by atoms with Gasteiger partial charge in [-0.3, -0.25) is 9.36 Å². The molecule has 2 aliphatic rings. The molecular weight excluding hydrogens is 562 g/mol. The van der Waals surface area contributed by atoms with E-state index >= 15 is 0 Å². The third kappa shape index (κ3) is 5.01. The van der Waals surface area contributed by atoms with Crippen molar-refractivity contribution in [1.29, 1.82) is 5.26 Å². The second-order valence-electron chi connectivity index (χ2n) is 11.1. The molecule has 1 fully saturated rings. The van der Waals surface area contributed by atoms with Crippen LogP contribution in [-0.4, -0.2) is 78.5 Å². The number of benzene rings is 1. The lowest BCUT2D eigenvalue weighted by Crippen LogP contribution is -2.59. The average molecular weight is 595 g/mol. The van der Waals surface area contributed by atoms with E-state index in [1.165, 1.54) is 0 Å². The smallest absolute Gasteiger partial charge is 0.410 e. The fraction of sp³-hybridized carbons (Fsp3) is 0.577. The number of halogens is 2. The van der Waals surface area contributed by atoms with E-state index in [-0.39, 0.29) is 41.9 Å². The van der Waals surface area contributed by atoms with Crippen molar-refractivity contribution < 1.29 is 14.3 Å². The molecule has 0 aliphatic carbocycles. The summed E-state index contributed by atoms with van der Waals surface area (Å²) in [6, 6.07) is 3.30. The van der Waals surface area contributed by atoms with Gasteiger partial charge in [0.15, 0.2) is 5.75 Å². The largest absolute Gasteiger partial charge is 0.488 e. The highest BCUT2D eigenvalue weighted by atomic mass is 79.9. The number of carbonyl (C=O) groups is 1. The summed E-state index contributed by atoms with van der Waals surface area (Å²) in [5.74, 6) is 0.494. The van der Waals surface area contributed by atoms with E-state index in [0.717, 1.165) is 0 Å². The fourth-order valence-electron chi connectivity index (χ4n) is 5.17. The molecule has 2 aromatic rings. The van der Waals surface area contributed by atoms with Crippen LogP contribution in [0.5, 0.6) is 5.75 Å². The van der Waals surface area contributed by atoms with Crippen LogP contribution in [0, 0.1) is 11.3 Å². The first-order chi connectivity index (χ1) is 17.2. The number of hydrogen-bond acceptors (Lipinski definition) is 7. The Morgan fingerprint density at radius 3 is 2.57 bits per heavy atom. The van der Waals surface area contributed by atoms with Crippen molar-refractivity contribution in [2.75, 3.05) is 45.2 Å². The van der Waals surface area contributed by atoms with Crippen LogP contribution in [0.3, 0.4) is 0 Å². The van der Waals surface area contributed by atoms with Gasteiger partial charge in [-0.05, 0) is 70.7 Å². The molecule has 0 spiro atoms. The predicted molar refractivity (Wildman–Crippen MR) is 148 cm³/mol. The summed E-state index contributed by atoms with van der Waals surface area (Å²) in [5, 5.41) is 11.4. The minimum atomic E-state index is -0.608. The maximum Gasteiger partial charge on any atom is 0.410 e. The molecule has 3 atom stereocenters. The van der Waals surface area contributed by atoms with Gasteiger partial charge in [0.25, 0.3) is 5.56 Å². The van der Waals surface area contributed by atoms with Crippen molar-refractivity contribution in [3.05, 3.63) is 31.5 Å². The Balaban J connectivity index is 1.89. The number of hydrogen-bond donors (Lipinski definition) is 0. The monoisotopic (exact) mass is 593 g/mol. The molecule has 11 heteroatoms. The summed E-state index contributed by atoms with van der Waals surface area (Å²) in [7, 11) is 3.87. The van der Waals surface area contributed by atoms with Crippen molar-refractivity contribution in [2.45, 2.75) is 58.3 Å². The second kappa shape index (κ2) is 10.0. The average Bonchev–Trinajstić information content (AvgIpc) is 2.79. The minimum Gasteiger partial charge on any atom is -0.488 e. The van der Waals surface area contributed by atoms with Crippen LogP contribution in [0.4, 0.5) is 10.5 Å². The minimum absolute atomic E-state index is 0.0623. The van der Waals surface area contributed by atoms with Crippen LogP contribution in [0.1, 0.15) is 46.2 Å².